The first-order valence-corrected chi connectivity index (χ1v) is 7.80. The van der Waals surface area contributed by atoms with Crippen molar-refractivity contribution in [1.82, 2.24) is 9.80 Å². The van der Waals surface area contributed by atoms with Crippen LogP contribution in [0.25, 0.3) is 0 Å². The SMILES string of the molecule is CC.CC.CN.CN.NCC(=O)N1CCN(C(=O)CN)CC1. The molecule has 0 unspecified atom stereocenters. The van der Waals surface area contributed by atoms with Crippen LogP contribution in [0.4, 0.5) is 0 Å². The fraction of sp³-hybridized carbons (Fsp3) is 0.857. The largest absolute Gasteiger partial charge is 0.338 e. The molecular formula is C14H38N6O2. The first-order chi connectivity index (χ1) is 10.7. The van der Waals surface area contributed by atoms with Crippen molar-refractivity contribution in [3.8, 4) is 0 Å². The fourth-order valence-corrected chi connectivity index (χ4v) is 1.46. The highest BCUT2D eigenvalue weighted by atomic mass is 16.2. The van der Waals surface area contributed by atoms with E-state index in [-0.39, 0.29) is 24.9 Å². The molecule has 0 aromatic heterocycles. The minimum absolute atomic E-state index is 0.0326. The van der Waals surface area contributed by atoms with Gasteiger partial charge >= 0.3 is 0 Å². The van der Waals surface area contributed by atoms with E-state index in [2.05, 4.69) is 11.5 Å². The van der Waals surface area contributed by atoms with Crippen LogP contribution in [0.5, 0.6) is 0 Å². The van der Waals surface area contributed by atoms with E-state index < -0.39 is 0 Å². The highest BCUT2D eigenvalue weighted by molar-refractivity contribution is 5.80. The van der Waals surface area contributed by atoms with Crippen molar-refractivity contribution in [2.24, 2.45) is 22.9 Å². The van der Waals surface area contributed by atoms with Gasteiger partial charge in [0.2, 0.25) is 11.8 Å². The number of nitrogens with zero attached hydrogens (tertiary/aromatic N) is 2. The number of amides is 2. The van der Waals surface area contributed by atoms with Gasteiger partial charge in [0, 0.05) is 26.2 Å². The molecule has 0 saturated carbocycles. The zero-order valence-corrected chi connectivity index (χ0v) is 15.3. The lowest BCUT2D eigenvalue weighted by atomic mass is 10.3. The number of hydrogen-bond acceptors (Lipinski definition) is 6. The fourth-order valence-electron chi connectivity index (χ4n) is 1.46. The zero-order valence-electron chi connectivity index (χ0n) is 15.3. The minimum atomic E-state index is -0.0650. The van der Waals surface area contributed by atoms with E-state index >= 15 is 0 Å². The van der Waals surface area contributed by atoms with Crippen LogP contribution in [0.15, 0.2) is 0 Å². The van der Waals surface area contributed by atoms with E-state index in [1.807, 2.05) is 27.7 Å². The Balaban J connectivity index is -0.000000175. The number of carbonyl (C=O) groups is 2. The lowest BCUT2D eigenvalue weighted by Gasteiger charge is -2.34. The predicted octanol–water partition coefficient (Wildman–Crippen LogP) is -1.22. The molecule has 0 radical (unpaired) electrons. The summed E-state index contributed by atoms with van der Waals surface area (Å²) < 4.78 is 0. The highest BCUT2D eigenvalue weighted by Crippen LogP contribution is 2.01. The van der Waals surface area contributed by atoms with Crippen molar-refractivity contribution in [3.05, 3.63) is 0 Å². The van der Waals surface area contributed by atoms with Gasteiger partial charge in [-0.25, -0.2) is 0 Å². The Bertz CT molecular complexity index is 207. The molecule has 0 bridgehead atoms. The van der Waals surface area contributed by atoms with E-state index in [0.29, 0.717) is 26.2 Å². The first kappa shape index (κ1) is 28.9. The molecule has 8 N–H and O–H groups in total. The molecule has 1 aliphatic heterocycles. The van der Waals surface area contributed by atoms with Gasteiger partial charge in [0.1, 0.15) is 0 Å². The molecule has 1 saturated heterocycles. The third-order valence-electron chi connectivity index (χ3n) is 2.33. The van der Waals surface area contributed by atoms with Crippen LogP contribution in [0.1, 0.15) is 27.7 Å². The third kappa shape index (κ3) is 13.7. The lowest BCUT2D eigenvalue weighted by Crippen LogP contribution is -2.53. The van der Waals surface area contributed by atoms with E-state index in [1.54, 1.807) is 9.80 Å². The number of carbonyl (C=O) groups excluding carboxylic acids is 2. The molecule has 136 valence electrons. The van der Waals surface area contributed by atoms with Gasteiger partial charge in [0.15, 0.2) is 0 Å². The number of piperazine rings is 1. The van der Waals surface area contributed by atoms with Crippen LogP contribution in [0.2, 0.25) is 0 Å². The van der Waals surface area contributed by atoms with Crippen molar-refractivity contribution in [3.63, 3.8) is 0 Å². The molecule has 8 heteroatoms. The average Bonchev–Trinajstić information content (AvgIpc) is 2.67. The summed E-state index contributed by atoms with van der Waals surface area (Å²) in [7, 11) is 3.00. The normalized spacial score (nSPS) is 11.9. The lowest BCUT2D eigenvalue weighted by molar-refractivity contribution is -0.137. The molecule has 0 aromatic carbocycles. The van der Waals surface area contributed by atoms with Gasteiger partial charge in [-0.05, 0) is 14.1 Å². The maximum Gasteiger partial charge on any atom is 0.236 e. The van der Waals surface area contributed by atoms with E-state index in [0.717, 1.165) is 0 Å². The Morgan fingerprint density at radius 1 is 0.682 bits per heavy atom. The molecule has 1 heterocycles. The summed E-state index contributed by atoms with van der Waals surface area (Å²) in [6, 6.07) is 0. The van der Waals surface area contributed by atoms with Crippen LogP contribution >= 0.6 is 0 Å². The van der Waals surface area contributed by atoms with Gasteiger partial charge in [-0.15, -0.1) is 0 Å². The first-order valence-electron chi connectivity index (χ1n) is 7.80. The molecule has 1 rings (SSSR count). The summed E-state index contributed by atoms with van der Waals surface area (Å²) in [5, 5.41) is 0. The third-order valence-corrected chi connectivity index (χ3v) is 2.33. The van der Waals surface area contributed by atoms with Gasteiger partial charge in [0.25, 0.3) is 0 Å². The van der Waals surface area contributed by atoms with Crippen LogP contribution in [0, 0.1) is 0 Å². The molecule has 2 amide bonds. The zero-order chi connectivity index (χ0) is 18.6. The second-order valence-corrected chi connectivity index (χ2v) is 3.17. The molecule has 22 heavy (non-hydrogen) atoms. The number of rotatable bonds is 2. The molecule has 0 spiro atoms. The van der Waals surface area contributed by atoms with Crippen LogP contribution in [-0.2, 0) is 9.59 Å². The van der Waals surface area contributed by atoms with Crippen LogP contribution < -0.4 is 22.9 Å². The van der Waals surface area contributed by atoms with Crippen molar-refractivity contribution in [1.29, 1.82) is 0 Å². The maximum absolute atomic E-state index is 11.2. The molecular weight excluding hydrogens is 284 g/mol. The Morgan fingerprint density at radius 3 is 1.00 bits per heavy atom. The second-order valence-electron chi connectivity index (χ2n) is 3.17. The summed E-state index contributed by atoms with van der Waals surface area (Å²) in [4.78, 5) is 25.7. The molecule has 8 nitrogen and oxygen atoms in total. The standard InChI is InChI=1S/C8H16N4O2.2C2H6.2CH5N/c9-5-7(13)11-1-2-12(4-3-11)8(14)6-10;4*1-2/h1-6,9-10H2;2*1-2H3;2*2H2,1H3. The summed E-state index contributed by atoms with van der Waals surface area (Å²) in [5.41, 5.74) is 19.5. The van der Waals surface area contributed by atoms with Gasteiger partial charge in [0.05, 0.1) is 13.1 Å². The highest BCUT2D eigenvalue weighted by Gasteiger charge is 2.22. The van der Waals surface area contributed by atoms with Gasteiger partial charge in [-0.2, -0.15) is 0 Å². The molecule has 1 fully saturated rings. The predicted molar refractivity (Wildman–Crippen MR) is 94.2 cm³/mol. The van der Waals surface area contributed by atoms with Crippen molar-refractivity contribution < 1.29 is 9.59 Å². The van der Waals surface area contributed by atoms with E-state index in [4.69, 9.17) is 11.5 Å². The topological polar surface area (TPSA) is 145 Å². The summed E-state index contributed by atoms with van der Waals surface area (Å²) in [6.07, 6.45) is 0. The Labute approximate surface area is 136 Å². The minimum Gasteiger partial charge on any atom is -0.338 e. The molecule has 1 aliphatic rings. The van der Waals surface area contributed by atoms with Crippen molar-refractivity contribution in [2.75, 3.05) is 53.4 Å². The average molecular weight is 322 g/mol. The Kier molecular flexibility index (Phi) is 32.5. The monoisotopic (exact) mass is 322 g/mol. The maximum atomic E-state index is 11.2. The van der Waals surface area contributed by atoms with Gasteiger partial charge in [-0.3, -0.25) is 9.59 Å². The van der Waals surface area contributed by atoms with Gasteiger partial charge in [-0.1, -0.05) is 27.7 Å². The molecule has 0 aromatic rings. The quantitative estimate of drug-likeness (QED) is 0.501. The molecule has 0 atom stereocenters. The second kappa shape index (κ2) is 24.8. The smallest absolute Gasteiger partial charge is 0.236 e. The van der Waals surface area contributed by atoms with E-state index in [1.165, 1.54) is 14.1 Å². The number of hydrogen-bond donors (Lipinski definition) is 4. The van der Waals surface area contributed by atoms with Crippen molar-refractivity contribution in [2.45, 2.75) is 27.7 Å². The van der Waals surface area contributed by atoms with Gasteiger partial charge < -0.3 is 32.7 Å². The summed E-state index contributed by atoms with van der Waals surface area (Å²) >= 11 is 0. The van der Waals surface area contributed by atoms with Crippen LogP contribution in [0.3, 0.4) is 0 Å². The summed E-state index contributed by atoms with van der Waals surface area (Å²) in [5.74, 6) is -0.130. The number of nitrogens with two attached hydrogens (primary N) is 4. The van der Waals surface area contributed by atoms with Crippen molar-refractivity contribution >= 4 is 11.8 Å². The van der Waals surface area contributed by atoms with Crippen LogP contribution in [-0.4, -0.2) is 75.0 Å². The Hall–Kier alpha value is -1.22. The van der Waals surface area contributed by atoms with E-state index in [9.17, 15) is 9.59 Å². The summed E-state index contributed by atoms with van der Waals surface area (Å²) in [6.45, 7) is 10.3. The molecule has 0 aliphatic carbocycles. The Morgan fingerprint density at radius 2 is 0.864 bits per heavy atom.